The van der Waals surface area contributed by atoms with Gasteiger partial charge in [-0.2, -0.15) is 5.26 Å². The first-order chi connectivity index (χ1) is 11.1. The van der Waals surface area contributed by atoms with E-state index in [1.54, 1.807) is 18.2 Å². The third kappa shape index (κ3) is 2.96. The van der Waals surface area contributed by atoms with Crippen LogP contribution in [0.15, 0.2) is 42.5 Å². The predicted molar refractivity (Wildman–Crippen MR) is 81.1 cm³/mol. The Morgan fingerprint density at radius 2 is 2.09 bits per heavy atom. The maximum atomic E-state index is 13.3. The van der Waals surface area contributed by atoms with Crippen molar-refractivity contribution in [2.75, 3.05) is 10.6 Å². The highest BCUT2D eigenvalue weighted by molar-refractivity contribution is 6.05. The van der Waals surface area contributed by atoms with Gasteiger partial charge in [-0.05, 0) is 36.4 Å². The Hall–Kier alpha value is -3.40. The first-order valence-electron chi connectivity index (χ1n) is 6.75. The summed E-state index contributed by atoms with van der Waals surface area (Å²) in [7, 11) is 0. The highest BCUT2D eigenvalue weighted by Crippen LogP contribution is 2.31. The number of nitrogens with zero attached hydrogens (tertiary/aromatic N) is 1. The van der Waals surface area contributed by atoms with Gasteiger partial charge in [-0.1, -0.05) is 6.07 Å². The molecule has 3 rings (SSSR count). The lowest BCUT2D eigenvalue weighted by atomic mass is 10.1. The second-order valence-corrected chi connectivity index (χ2v) is 4.94. The summed E-state index contributed by atoms with van der Waals surface area (Å²) in [6, 6.07) is 10.6. The molecule has 0 saturated carbocycles. The number of nitrogens with one attached hydrogen (secondary N) is 3. The van der Waals surface area contributed by atoms with E-state index < -0.39 is 23.8 Å². The molecule has 23 heavy (non-hydrogen) atoms. The van der Waals surface area contributed by atoms with Gasteiger partial charge in [0.25, 0.3) is 5.91 Å². The summed E-state index contributed by atoms with van der Waals surface area (Å²) < 4.78 is 13.3. The number of carbonyl (C=O) groups excluding carboxylic acids is 2. The van der Waals surface area contributed by atoms with Crippen molar-refractivity contribution in [2.24, 2.45) is 0 Å². The SMILES string of the molecule is N#Cc1cccc(NC(=O)NC2C(=O)Nc3ccc(F)cc32)c1. The van der Waals surface area contributed by atoms with Gasteiger partial charge < -0.3 is 16.0 Å². The summed E-state index contributed by atoms with van der Waals surface area (Å²) in [6.45, 7) is 0. The molecule has 3 amide bonds. The first kappa shape index (κ1) is 14.5. The van der Waals surface area contributed by atoms with E-state index in [9.17, 15) is 14.0 Å². The molecule has 0 aliphatic carbocycles. The van der Waals surface area contributed by atoms with Gasteiger partial charge in [0.05, 0.1) is 11.6 Å². The van der Waals surface area contributed by atoms with Crippen molar-refractivity contribution in [3.8, 4) is 6.07 Å². The lowest BCUT2D eigenvalue weighted by Crippen LogP contribution is -2.36. The summed E-state index contributed by atoms with van der Waals surface area (Å²) >= 11 is 0. The van der Waals surface area contributed by atoms with Gasteiger partial charge in [-0.3, -0.25) is 4.79 Å². The Balaban J connectivity index is 1.75. The number of halogens is 1. The molecular formula is C16H11FN4O2. The minimum absolute atomic E-state index is 0.371. The quantitative estimate of drug-likeness (QED) is 0.795. The third-order valence-electron chi connectivity index (χ3n) is 3.37. The maximum Gasteiger partial charge on any atom is 0.320 e. The highest BCUT2D eigenvalue weighted by Gasteiger charge is 2.32. The predicted octanol–water partition coefficient (Wildman–Crippen LogP) is 2.51. The Morgan fingerprint density at radius 1 is 1.26 bits per heavy atom. The average molecular weight is 310 g/mol. The second kappa shape index (κ2) is 5.77. The van der Waals surface area contributed by atoms with Crippen LogP contribution in [-0.4, -0.2) is 11.9 Å². The standard InChI is InChI=1S/C16H11FN4O2/c17-10-4-5-13-12(7-10)14(15(22)20-13)21-16(23)19-11-3-1-2-9(6-11)8-18/h1-7,14H,(H,20,22)(H2,19,21,23). The Bertz CT molecular complexity index is 844. The molecule has 2 aromatic carbocycles. The highest BCUT2D eigenvalue weighted by atomic mass is 19.1. The lowest BCUT2D eigenvalue weighted by Gasteiger charge is -2.13. The number of fused-ring (bicyclic) bond motifs is 1. The van der Waals surface area contributed by atoms with Crippen LogP contribution in [0.1, 0.15) is 17.2 Å². The number of urea groups is 1. The van der Waals surface area contributed by atoms with Gasteiger partial charge in [0.1, 0.15) is 11.9 Å². The molecule has 0 aromatic heterocycles. The van der Waals surface area contributed by atoms with Crippen molar-refractivity contribution < 1.29 is 14.0 Å². The first-order valence-corrected chi connectivity index (χ1v) is 6.75. The van der Waals surface area contributed by atoms with E-state index in [2.05, 4.69) is 16.0 Å². The molecule has 1 atom stereocenters. The molecule has 1 aliphatic rings. The fourth-order valence-corrected chi connectivity index (χ4v) is 2.34. The lowest BCUT2D eigenvalue weighted by molar-refractivity contribution is -0.117. The zero-order chi connectivity index (χ0) is 16.4. The van der Waals surface area contributed by atoms with Gasteiger partial charge in [-0.25, -0.2) is 9.18 Å². The number of hydrogen-bond donors (Lipinski definition) is 3. The number of anilines is 2. The number of benzene rings is 2. The van der Waals surface area contributed by atoms with Crippen LogP contribution in [0.4, 0.5) is 20.6 Å². The van der Waals surface area contributed by atoms with Gasteiger partial charge >= 0.3 is 6.03 Å². The van der Waals surface area contributed by atoms with E-state index in [1.807, 2.05) is 6.07 Å². The van der Waals surface area contributed by atoms with Crippen LogP contribution in [0.2, 0.25) is 0 Å². The van der Waals surface area contributed by atoms with Crippen LogP contribution < -0.4 is 16.0 Å². The smallest absolute Gasteiger partial charge is 0.320 e. The molecule has 0 bridgehead atoms. The number of hydrogen-bond acceptors (Lipinski definition) is 3. The van der Waals surface area contributed by atoms with Crippen molar-refractivity contribution >= 4 is 23.3 Å². The largest absolute Gasteiger partial charge is 0.324 e. The van der Waals surface area contributed by atoms with Crippen LogP contribution in [0, 0.1) is 17.1 Å². The van der Waals surface area contributed by atoms with E-state index in [0.29, 0.717) is 22.5 Å². The summed E-state index contributed by atoms with van der Waals surface area (Å²) in [5, 5.41) is 16.4. The molecular weight excluding hydrogens is 299 g/mol. The van der Waals surface area contributed by atoms with Crippen molar-refractivity contribution in [3.05, 3.63) is 59.4 Å². The molecule has 0 saturated heterocycles. The molecule has 6 nitrogen and oxygen atoms in total. The van der Waals surface area contributed by atoms with Gasteiger partial charge in [0, 0.05) is 16.9 Å². The van der Waals surface area contributed by atoms with Gasteiger partial charge in [0.15, 0.2) is 0 Å². The topological polar surface area (TPSA) is 94.0 Å². The second-order valence-electron chi connectivity index (χ2n) is 4.94. The summed E-state index contributed by atoms with van der Waals surface area (Å²) in [6.07, 6.45) is 0. The summed E-state index contributed by atoms with van der Waals surface area (Å²) in [4.78, 5) is 23.9. The van der Waals surface area contributed by atoms with Crippen molar-refractivity contribution in [1.29, 1.82) is 5.26 Å². The molecule has 0 fully saturated rings. The maximum absolute atomic E-state index is 13.3. The molecule has 1 aliphatic heterocycles. The molecule has 114 valence electrons. The molecule has 1 heterocycles. The molecule has 7 heteroatoms. The average Bonchev–Trinajstić information content (AvgIpc) is 2.83. The molecule has 0 spiro atoms. The number of rotatable bonds is 2. The fraction of sp³-hybridized carbons (Fsp3) is 0.0625. The number of nitriles is 1. The summed E-state index contributed by atoms with van der Waals surface area (Å²) in [5.41, 5.74) is 1.65. The minimum atomic E-state index is -0.972. The Kier molecular flexibility index (Phi) is 3.65. The van der Waals surface area contributed by atoms with Crippen LogP contribution in [0.25, 0.3) is 0 Å². The molecule has 0 radical (unpaired) electrons. The van der Waals surface area contributed by atoms with Crippen LogP contribution in [0.5, 0.6) is 0 Å². The van der Waals surface area contributed by atoms with Crippen molar-refractivity contribution in [2.45, 2.75) is 6.04 Å². The molecule has 1 unspecified atom stereocenters. The van der Waals surface area contributed by atoms with Crippen LogP contribution >= 0.6 is 0 Å². The van der Waals surface area contributed by atoms with Crippen LogP contribution in [-0.2, 0) is 4.79 Å². The zero-order valence-corrected chi connectivity index (χ0v) is 11.8. The molecule has 2 aromatic rings. The Morgan fingerprint density at radius 3 is 2.87 bits per heavy atom. The third-order valence-corrected chi connectivity index (χ3v) is 3.37. The monoisotopic (exact) mass is 310 g/mol. The van der Waals surface area contributed by atoms with E-state index in [4.69, 9.17) is 5.26 Å². The van der Waals surface area contributed by atoms with Gasteiger partial charge in [-0.15, -0.1) is 0 Å². The van der Waals surface area contributed by atoms with Crippen LogP contribution in [0.3, 0.4) is 0 Å². The van der Waals surface area contributed by atoms with E-state index in [1.165, 1.54) is 24.3 Å². The minimum Gasteiger partial charge on any atom is -0.324 e. The normalized spacial score (nSPS) is 15.3. The Labute approximate surface area is 130 Å². The zero-order valence-electron chi connectivity index (χ0n) is 11.8. The van der Waals surface area contributed by atoms with E-state index >= 15 is 0 Å². The number of carbonyl (C=O) groups is 2. The van der Waals surface area contributed by atoms with Crippen molar-refractivity contribution in [3.63, 3.8) is 0 Å². The number of amides is 3. The van der Waals surface area contributed by atoms with E-state index in [0.717, 1.165) is 0 Å². The van der Waals surface area contributed by atoms with Crippen molar-refractivity contribution in [1.82, 2.24) is 5.32 Å². The fourth-order valence-electron chi connectivity index (χ4n) is 2.34. The molecule has 3 N–H and O–H groups in total. The summed E-state index contributed by atoms with van der Waals surface area (Å²) in [5.74, 6) is -0.930. The van der Waals surface area contributed by atoms with Gasteiger partial charge in [0.2, 0.25) is 0 Å². The van der Waals surface area contributed by atoms with E-state index in [-0.39, 0.29) is 0 Å².